The maximum Gasteiger partial charge on any atom is 0.410 e. The monoisotopic (exact) mass is 336 g/mol. The largest absolute Gasteiger partial charge is 0.444 e. The van der Waals surface area contributed by atoms with Gasteiger partial charge in [-0.05, 0) is 38.5 Å². The molecule has 6 heteroatoms. The van der Waals surface area contributed by atoms with Crippen molar-refractivity contribution in [3.05, 3.63) is 35.6 Å². The van der Waals surface area contributed by atoms with Crippen LogP contribution in [0.4, 0.5) is 9.18 Å². The van der Waals surface area contributed by atoms with Crippen LogP contribution in [0.25, 0.3) is 0 Å². The zero-order chi connectivity index (χ0) is 17.7. The highest BCUT2D eigenvalue weighted by molar-refractivity contribution is 5.82. The summed E-state index contributed by atoms with van der Waals surface area (Å²) in [6.45, 7) is 8.28. The molecule has 0 spiro atoms. The zero-order valence-corrected chi connectivity index (χ0v) is 14.5. The molecule has 1 aliphatic rings. The number of benzene rings is 1. The van der Waals surface area contributed by atoms with Crippen molar-refractivity contribution < 1.29 is 18.7 Å². The van der Waals surface area contributed by atoms with Crippen LogP contribution in [0.5, 0.6) is 0 Å². The Morgan fingerprint density at radius 1 is 1.08 bits per heavy atom. The predicted molar refractivity (Wildman–Crippen MR) is 89.4 cm³/mol. The Morgan fingerprint density at radius 3 is 2.21 bits per heavy atom. The van der Waals surface area contributed by atoms with Crippen LogP contribution in [0, 0.1) is 5.82 Å². The van der Waals surface area contributed by atoms with Crippen LogP contribution >= 0.6 is 0 Å². The molecule has 5 nitrogen and oxygen atoms in total. The van der Waals surface area contributed by atoms with Gasteiger partial charge < -0.3 is 9.64 Å². The van der Waals surface area contributed by atoms with Crippen LogP contribution in [-0.2, 0) is 16.0 Å². The lowest BCUT2D eigenvalue weighted by Gasteiger charge is -2.35. The van der Waals surface area contributed by atoms with Crippen molar-refractivity contribution in [2.45, 2.75) is 32.8 Å². The number of halogens is 1. The molecule has 2 rings (SSSR count). The molecule has 1 aliphatic heterocycles. The number of hydrogen-bond donors (Lipinski definition) is 0. The second kappa shape index (κ2) is 7.75. The lowest BCUT2D eigenvalue weighted by atomic mass is 10.1. The van der Waals surface area contributed by atoms with Crippen molar-refractivity contribution in [3.8, 4) is 0 Å². The summed E-state index contributed by atoms with van der Waals surface area (Å²) in [7, 11) is 0. The lowest BCUT2D eigenvalue weighted by molar-refractivity contribution is -0.119. The lowest BCUT2D eigenvalue weighted by Crippen LogP contribution is -2.51. The number of hydrogen-bond acceptors (Lipinski definition) is 4. The van der Waals surface area contributed by atoms with Crippen LogP contribution < -0.4 is 0 Å². The highest BCUT2D eigenvalue weighted by Crippen LogP contribution is 2.12. The minimum absolute atomic E-state index is 0.0901. The molecule has 0 saturated carbocycles. The summed E-state index contributed by atoms with van der Waals surface area (Å²) in [5, 5.41) is 0. The van der Waals surface area contributed by atoms with Crippen molar-refractivity contribution in [2.75, 3.05) is 32.7 Å². The first-order valence-electron chi connectivity index (χ1n) is 8.19. The van der Waals surface area contributed by atoms with E-state index in [-0.39, 0.29) is 17.7 Å². The molecule has 1 aromatic rings. The van der Waals surface area contributed by atoms with Crippen molar-refractivity contribution >= 4 is 11.9 Å². The third kappa shape index (κ3) is 5.92. The molecule has 0 N–H and O–H groups in total. The van der Waals surface area contributed by atoms with E-state index in [4.69, 9.17) is 4.74 Å². The smallest absolute Gasteiger partial charge is 0.410 e. The van der Waals surface area contributed by atoms with E-state index in [2.05, 4.69) is 0 Å². The number of ether oxygens (including phenoxy) is 1. The summed E-state index contributed by atoms with van der Waals surface area (Å²) in [5.41, 5.74) is 0.313. The van der Waals surface area contributed by atoms with Gasteiger partial charge in [-0.1, -0.05) is 12.1 Å². The molecule has 132 valence electrons. The zero-order valence-electron chi connectivity index (χ0n) is 14.5. The quantitative estimate of drug-likeness (QED) is 0.848. The highest BCUT2D eigenvalue weighted by Gasteiger charge is 2.26. The van der Waals surface area contributed by atoms with Crippen LogP contribution in [0.2, 0.25) is 0 Å². The van der Waals surface area contributed by atoms with E-state index in [0.29, 0.717) is 39.1 Å². The van der Waals surface area contributed by atoms with Gasteiger partial charge in [-0.2, -0.15) is 0 Å². The molecule has 0 bridgehead atoms. The van der Waals surface area contributed by atoms with Crippen molar-refractivity contribution in [1.29, 1.82) is 0 Å². The number of carbonyl (C=O) groups is 2. The summed E-state index contributed by atoms with van der Waals surface area (Å²) in [6, 6.07) is 5.99. The van der Waals surface area contributed by atoms with Crippen molar-refractivity contribution in [1.82, 2.24) is 9.80 Å². The second-order valence-electron chi connectivity index (χ2n) is 7.09. The standard InChI is InChI=1S/C18H25FN2O3/c1-18(2,3)24-17(23)21-10-8-20(9-11-21)13-16(22)12-14-4-6-15(19)7-5-14/h4-7H,8-13H2,1-3H3. The fourth-order valence-electron chi connectivity index (χ4n) is 2.55. The Kier molecular flexibility index (Phi) is 5.94. The molecule has 0 aromatic heterocycles. The third-order valence-electron chi connectivity index (χ3n) is 3.74. The van der Waals surface area contributed by atoms with Gasteiger partial charge in [-0.15, -0.1) is 0 Å². The third-order valence-corrected chi connectivity index (χ3v) is 3.74. The Labute approximate surface area is 142 Å². The molecule has 0 aliphatic carbocycles. The predicted octanol–water partition coefficient (Wildman–Crippen LogP) is 2.49. The van der Waals surface area contributed by atoms with Gasteiger partial charge in [-0.3, -0.25) is 9.69 Å². The van der Waals surface area contributed by atoms with Gasteiger partial charge in [0.2, 0.25) is 0 Å². The maximum absolute atomic E-state index is 12.9. The fraction of sp³-hybridized carbons (Fsp3) is 0.556. The van der Waals surface area contributed by atoms with E-state index in [1.54, 1.807) is 17.0 Å². The number of rotatable bonds is 4. The first-order chi connectivity index (χ1) is 11.2. The van der Waals surface area contributed by atoms with Gasteiger partial charge in [0.1, 0.15) is 11.4 Å². The molecule has 0 atom stereocenters. The molecule has 1 fully saturated rings. The molecule has 24 heavy (non-hydrogen) atoms. The van der Waals surface area contributed by atoms with Crippen LogP contribution in [0.15, 0.2) is 24.3 Å². The van der Waals surface area contributed by atoms with Gasteiger partial charge in [-0.25, -0.2) is 9.18 Å². The van der Waals surface area contributed by atoms with Gasteiger partial charge in [0.05, 0.1) is 6.54 Å². The minimum atomic E-state index is -0.501. The molecule has 1 saturated heterocycles. The summed E-state index contributed by atoms with van der Waals surface area (Å²) in [4.78, 5) is 27.8. The highest BCUT2D eigenvalue weighted by atomic mass is 19.1. The fourth-order valence-corrected chi connectivity index (χ4v) is 2.55. The average molecular weight is 336 g/mol. The molecule has 0 unspecified atom stereocenters. The number of Topliss-reactive ketones (excluding diaryl/α,β-unsaturated/α-hetero) is 1. The van der Waals surface area contributed by atoms with E-state index in [1.165, 1.54) is 12.1 Å². The first-order valence-corrected chi connectivity index (χ1v) is 8.19. The normalized spacial score (nSPS) is 16.1. The molecule has 0 radical (unpaired) electrons. The topological polar surface area (TPSA) is 49.9 Å². The second-order valence-corrected chi connectivity index (χ2v) is 7.09. The van der Waals surface area contributed by atoms with E-state index in [0.717, 1.165) is 5.56 Å². The van der Waals surface area contributed by atoms with E-state index in [1.807, 2.05) is 25.7 Å². The van der Waals surface area contributed by atoms with Crippen molar-refractivity contribution in [3.63, 3.8) is 0 Å². The molecule has 1 amide bonds. The summed E-state index contributed by atoms with van der Waals surface area (Å²) < 4.78 is 18.2. The number of nitrogens with zero attached hydrogens (tertiary/aromatic N) is 2. The first kappa shape index (κ1) is 18.4. The van der Waals surface area contributed by atoms with E-state index in [9.17, 15) is 14.0 Å². The minimum Gasteiger partial charge on any atom is -0.444 e. The molecular formula is C18H25FN2O3. The number of ketones is 1. The SMILES string of the molecule is CC(C)(C)OC(=O)N1CCN(CC(=O)Cc2ccc(F)cc2)CC1. The van der Waals surface area contributed by atoms with Crippen LogP contribution in [0.3, 0.4) is 0 Å². The van der Waals surface area contributed by atoms with E-state index >= 15 is 0 Å². The molecular weight excluding hydrogens is 311 g/mol. The molecule has 1 heterocycles. The average Bonchev–Trinajstić information content (AvgIpc) is 2.48. The maximum atomic E-state index is 12.9. The van der Waals surface area contributed by atoms with Crippen molar-refractivity contribution in [2.24, 2.45) is 0 Å². The Balaban J connectivity index is 1.75. The Morgan fingerprint density at radius 2 is 1.67 bits per heavy atom. The number of amides is 1. The van der Waals surface area contributed by atoms with Gasteiger partial charge >= 0.3 is 6.09 Å². The Bertz CT molecular complexity index is 573. The van der Waals surface area contributed by atoms with E-state index < -0.39 is 5.60 Å². The summed E-state index contributed by atoms with van der Waals surface area (Å²) >= 11 is 0. The Hall–Kier alpha value is -1.95. The summed E-state index contributed by atoms with van der Waals surface area (Å²) in [5.74, 6) is -0.211. The summed E-state index contributed by atoms with van der Waals surface area (Å²) in [6.07, 6.45) is -0.00758. The van der Waals surface area contributed by atoms with Gasteiger partial charge in [0.15, 0.2) is 5.78 Å². The van der Waals surface area contributed by atoms with Crippen LogP contribution in [-0.4, -0.2) is 60.0 Å². The van der Waals surface area contributed by atoms with Gasteiger partial charge in [0.25, 0.3) is 0 Å². The number of piperazine rings is 1. The number of carbonyl (C=O) groups excluding carboxylic acids is 2. The van der Waals surface area contributed by atoms with Gasteiger partial charge in [0, 0.05) is 32.6 Å². The van der Waals surface area contributed by atoms with Crippen LogP contribution in [0.1, 0.15) is 26.3 Å². The molecule has 1 aromatic carbocycles.